The monoisotopic (exact) mass is 275 g/mol. The van der Waals surface area contributed by atoms with Crippen LogP contribution in [0.25, 0.3) is 0 Å². The van der Waals surface area contributed by atoms with E-state index in [0.29, 0.717) is 5.56 Å². The molecule has 1 amide bonds. The first kappa shape index (κ1) is 13.0. The van der Waals surface area contributed by atoms with Gasteiger partial charge in [0.1, 0.15) is 17.7 Å². The van der Waals surface area contributed by atoms with E-state index < -0.39 is 11.7 Å². The molecule has 0 spiro atoms. The number of hydrogen-bond donors (Lipinski definition) is 1. The van der Waals surface area contributed by atoms with Crippen molar-refractivity contribution in [3.05, 3.63) is 58.5 Å². The Morgan fingerprint density at radius 1 is 1.37 bits per heavy atom. The van der Waals surface area contributed by atoms with Crippen molar-refractivity contribution in [2.24, 2.45) is 0 Å². The second-order valence-corrected chi connectivity index (χ2v) is 4.06. The van der Waals surface area contributed by atoms with Gasteiger partial charge in [0.05, 0.1) is 11.1 Å². The maximum atomic E-state index is 13.5. The van der Waals surface area contributed by atoms with Gasteiger partial charge >= 0.3 is 0 Å². The molecule has 0 unspecified atom stereocenters. The van der Waals surface area contributed by atoms with E-state index in [1.165, 1.54) is 30.5 Å². The Labute approximate surface area is 113 Å². The van der Waals surface area contributed by atoms with Crippen LogP contribution in [0.3, 0.4) is 0 Å². The number of benzene rings is 1. The largest absolute Gasteiger partial charge is 0.306 e. The third-order valence-corrected chi connectivity index (χ3v) is 2.55. The van der Waals surface area contributed by atoms with Gasteiger partial charge in [0.25, 0.3) is 5.91 Å². The Morgan fingerprint density at radius 2 is 2.16 bits per heavy atom. The number of anilines is 1. The number of carbonyl (C=O) groups is 1. The molecule has 0 aliphatic carbocycles. The lowest BCUT2D eigenvalue weighted by atomic mass is 10.2. The first-order valence-corrected chi connectivity index (χ1v) is 5.60. The van der Waals surface area contributed by atoms with Crippen molar-refractivity contribution in [1.82, 2.24) is 4.98 Å². The van der Waals surface area contributed by atoms with E-state index in [1.807, 2.05) is 6.07 Å². The van der Waals surface area contributed by atoms with Crippen LogP contribution >= 0.6 is 11.6 Å². The number of nitrogens with one attached hydrogen (secondary N) is 1. The topological polar surface area (TPSA) is 65.8 Å². The van der Waals surface area contributed by atoms with Crippen LogP contribution in [-0.2, 0) is 0 Å². The average molecular weight is 276 g/mol. The first-order chi connectivity index (χ1) is 9.10. The Bertz CT molecular complexity index is 665. The number of rotatable bonds is 2. The highest BCUT2D eigenvalue weighted by Crippen LogP contribution is 2.16. The van der Waals surface area contributed by atoms with E-state index in [0.717, 1.165) is 6.07 Å². The Morgan fingerprint density at radius 3 is 2.74 bits per heavy atom. The van der Waals surface area contributed by atoms with Crippen LogP contribution in [0.2, 0.25) is 5.02 Å². The van der Waals surface area contributed by atoms with Crippen molar-refractivity contribution >= 4 is 23.3 Å². The molecule has 1 aromatic carbocycles. The predicted octanol–water partition coefficient (Wildman–Crippen LogP) is 3.00. The van der Waals surface area contributed by atoms with Crippen molar-refractivity contribution in [3.8, 4) is 6.07 Å². The Hall–Kier alpha value is -2.45. The molecule has 94 valence electrons. The lowest BCUT2D eigenvalue weighted by Gasteiger charge is -2.05. The van der Waals surface area contributed by atoms with Crippen LogP contribution in [-0.4, -0.2) is 10.9 Å². The Kier molecular flexibility index (Phi) is 3.74. The van der Waals surface area contributed by atoms with Gasteiger partial charge in [-0.25, -0.2) is 9.37 Å². The summed E-state index contributed by atoms with van der Waals surface area (Å²) in [5.74, 6) is -1.11. The second-order valence-electron chi connectivity index (χ2n) is 3.62. The van der Waals surface area contributed by atoms with E-state index >= 15 is 0 Å². The van der Waals surface area contributed by atoms with Crippen LogP contribution < -0.4 is 5.32 Å². The van der Waals surface area contributed by atoms with Gasteiger partial charge in [0.15, 0.2) is 0 Å². The molecule has 0 bridgehead atoms. The van der Waals surface area contributed by atoms with E-state index in [9.17, 15) is 9.18 Å². The fraction of sp³-hybridized carbons (Fsp3) is 0. The predicted molar refractivity (Wildman–Crippen MR) is 68.3 cm³/mol. The van der Waals surface area contributed by atoms with Gasteiger partial charge in [-0.3, -0.25) is 4.79 Å². The van der Waals surface area contributed by atoms with Gasteiger partial charge in [-0.15, -0.1) is 0 Å². The van der Waals surface area contributed by atoms with Crippen molar-refractivity contribution in [2.75, 3.05) is 5.32 Å². The molecule has 0 atom stereocenters. The second kappa shape index (κ2) is 5.46. The van der Waals surface area contributed by atoms with Crippen molar-refractivity contribution in [1.29, 1.82) is 5.26 Å². The zero-order valence-electron chi connectivity index (χ0n) is 9.52. The van der Waals surface area contributed by atoms with E-state index in [-0.39, 0.29) is 16.4 Å². The van der Waals surface area contributed by atoms with E-state index in [2.05, 4.69) is 10.3 Å². The van der Waals surface area contributed by atoms with Crippen LogP contribution in [0.15, 0.2) is 36.5 Å². The maximum Gasteiger partial charge on any atom is 0.259 e. The summed E-state index contributed by atoms with van der Waals surface area (Å²) in [5, 5.41) is 11.3. The molecule has 19 heavy (non-hydrogen) atoms. The summed E-state index contributed by atoms with van der Waals surface area (Å²) >= 11 is 5.60. The summed E-state index contributed by atoms with van der Waals surface area (Å²) in [4.78, 5) is 15.7. The molecule has 1 heterocycles. The highest BCUT2D eigenvalue weighted by molar-refractivity contribution is 6.30. The number of aromatic nitrogens is 1. The summed E-state index contributed by atoms with van der Waals surface area (Å²) in [6.07, 6.45) is 1.31. The molecular weight excluding hydrogens is 269 g/mol. The highest BCUT2D eigenvalue weighted by atomic mass is 35.5. The molecule has 0 radical (unpaired) electrons. The molecule has 0 aliphatic heterocycles. The van der Waals surface area contributed by atoms with Gasteiger partial charge < -0.3 is 5.32 Å². The number of pyridine rings is 1. The van der Waals surface area contributed by atoms with Crippen LogP contribution in [0.5, 0.6) is 0 Å². The van der Waals surface area contributed by atoms with E-state index in [4.69, 9.17) is 16.9 Å². The first-order valence-electron chi connectivity index (χ1n) is 5.22. The third kappa shape index (κ3) is 3.06. The molecule has 0 aliphatic rings. The summed E-state index contributed by atoms with van der Waals surface area (Å²) in [6.45, 7) is 0. The summed E-state index contributed by atoms with van der Waals surface area (Å²) in [5.41, 5.74) is 0.242. The van der Waals surface area contributed by atoms with Gasteiger partial charge in [-0.05, 0) is 30.3 Å². The molecule has 1 N–H and O–H groups in total. The SMILES string of the molecule is N#Cc1ccc(NC(=O)c2ccc(Cl)cc2F)nc1. The Balaban J connectivity index is 2.18. The summed E-state index contributed by atoms with van der Waals surface area (Å²) < 4.78 is 13.5. The number of nitrogens with zero attached hydrogens (tertiary/aromatic N) is 2. The molecule has 2 aromatic rings. The number of carbonyl (C=O) groups excluding carboxylic acids is 1. The highest BCUT2D eigenvalue weighted by Gasteiger charge is 2.12. The molecule has 2 rings (SSSR count). The quantitative estimate of drug-likeness (QED) is 0.916. The molecule has 4 nitrogen and oxygen atoms in total. The van der Waals surface area contributed by atoms with Gasteiger partial charge in [0.2, 0.25) is 0 Å². The number of halogens is 2. The number of hydrogen-bond acceptors (Lipinski definition) is 3. The fourth-order valence-corrected chi connectivity index (χ4v) is 1.55. The zero-order valence-corrected chi connectivity index (χ0v) is 10.3. The van der Waals surface area contributed by atoms with E-state index in [1.54, 1.807) is 0 Å². The molecule has 0 saturated carbocycles. The summed E-state index contributed by atoms with van der Waals surface area (Å²) in [7, 11) is 0. The van der Waals surface area contributed by atoms with Crippen LogP contribution in [0.4, 0.5) is 10.2 Å². The molecule has 0 fully saturated rings. The molecule has 6 heteroatoms. The van der Waals surface area contributed by atoms with Gasteiger partial charge in [-0.2, -0.15) is 5.26 Å². The lowest BCUT2D eigenvalue weighted by Crippen LogP contribution is -2.14. The van der Waals surface area contributed by atoms with Gasteiger partial charge in [0, 0.05) is 11.2 Å². The van der Waals surface area contributed by atoms with Crippen molar-refractivity contribution in [3.63, 3.8) is 0 Å². The minimum Gasteiger partial charge on any atom is -0.306 e. The van der Waals surface area contributed by atoms with Crippen LogP contribution in [0.1, 0.15) is 15.9 Å². The van der Waals surface area contributed by atoms with Gasteiger partial charge in [-0.1, -0.05) is 11.6 Å². The average Bonchev–Trinajstić information content (AvgIpc) is 2.39. The number of nitriles is 1. The molecule has 0 saturated heterocycles. The maximum absolute atomic E-state index is 13.5. The number of amides is 1. The molecular formula is C13H7ClFN3O. The lowest BCUT2D eigenvalue weighted by molar-refractivity contribution is 0.102. The fourth-order valence-electron chi connectivity index (χ4n) is 1.39. The standard InChI is InChI=1S/C13H7ClFN3O/c14-9-2-3-10(11(15)5-9)13(19)18-12-4-1-8(6-16)7-17-12/h1-5,7H,(H,17,18,19). The zero-order chi connectivity index (χ0) is 13.8. The smallest absolute Gasteiger partial charge is 0.259 e. The van der Waals surface area contributed by atoms with Crippen molar-refractivity contribution in [2.45, 2.75) is 0 Å². The summed E-state index contributed by atoms with van der Waals surface area (Å²) in [6, 6.07) is 8.64. The molecule has 1 aromatic heterocycles. The third-order valence-electron chi connectivity index (χ3n) is 2.31. The van der Waals surface area contributed by atoms with Crippen LogP contribution in [0, 0.1) is 17.1 Å². The normalized spacial score (nSPS) is 9.74. The minimum absolute atomic E-state index is 0.129. The minimum atomic E-state index is -0.710. The van der Waals surface area contributed by atoms with Crippen molar-refractivity contribution < 1.29 is 9.18 Å².